The first kappa shape index (κ1) is 11.5. The SMILES string of the molecule is CCCC(=O)NCC1CCCN(C)C1. The molecule has 1 aliphatic rings. The van der Waals surface area contributed by atoms with Crippen molar-refractivity contribution in [1.82, 2.24) is 10.2 Å². The third-order valence-corrected chi connectivity index (χ3v) is 2.79. The highest BCUT2D eigenvalue weighted by Crippen LogP contribution is 2.13. The summed E-state index contributed by atoms with van der Waals surface area (Å²) < 4.78 is 0. The second kappa shape index (κ2) is 6.02. The van der Waals surface area contributed by atoms with E-state index in [1.807, 2.05) is 6.92 Å². The molecule has 0 radical (unpaired) electrons. The minimum Gasteiger partial charge on any atom is -0.356 e. The molecular weight excluding hydrogens is 176 g/mol. The molecule has 0 aromatic rings. The van der Waals surface area contributed by atoms with Crippen molar-refractivity contribution in [1.29, 1.82) is 0 Å². The predicted molar refractivity (Wildman–Crippen MR) is 58.1 cm³/mol. The molecular formula is C11H22N2O. The number of hydrogen-bond donors (Lipinski definition) is 1. The summed E-state index contributed by atoms with van der Waals surface area (Å²) in [5, 5.41) is 3.01. The van der Waals surface area contributed by atoms with Crippen molar-refractivity contribution < 1.29 is 4.79 Å². The van der Waals surface area contributed by atoms with Crippen LogP contribution in [0.25, 0.3) is 0 Å². The van der Waals surface area contributed by atoms with Crippen LogP contribution in [0, 0.1) is 5.92 Å². The maximum absolute atomic E-state index is 11.2. The number of carbonyl (C=O) groups excluding carboxylic acids is 1. The summed E-state index contributed by atoms with van der Waals surface area (Å²) in [5.41, 5.74) is 0. The van der Waals surface area contributed by atoms with E-state index in [1.165, 1.54) is 19.4 Å². The van der Waals surface area contributed by atoms with E-state index >= 15 is 0 Å². The summed E-state index contributed by atoms with van der Waals surface area (Å²) >= 11 is 0. The van der Waals surface area contributed by atoms with Crippen LogP contribution in [0.2, 0.25) is 0 Å². The van der Waals surface area contributed by atoms with E-state index in [0.717, 1.165) is 19.5 Å². The normalized spacial score (nSPS) is 23.4. The molecule has 0 bridgehead atoms. The van der Waals surface area contributed by atoms with Gasteiger partial charge in [-0.3, -0.25) is 4.79 Å². The summed E-state index contributed by atoms with van der Waals surface area (Å²) in [6.45, 7) is 5.24. The monoisotopic (exact) mass is 198 g/mol. The van der Waals surface area contributed by atoms with Crippen LogP contribution in [-0.4, -0.2) is 37.5 Å². The van der Waals surface area contributed by atoms with Gasteiger partial charge in [-0.15, -0.1) is 0 Å². The largest absolute Gasteiger partial charge is 0.356 e. The van der Waals surface area contributed by atoms with E-state index in [-0.39, 0.29) is 5.91 Å². The molecule has 0 aromatic carbocycles. The average Bonchev–Trinajstić information content (AvgIpc) is 2.15. The lowest BCUT2D eigenvalue weighted by Gasteiger charge is -2.29. The highest BCUT2D eigenvalue weighted by Gasteiger charge is 2.17. The third kappa shape index (κ3) is 4.09. The van der Waals surface area contributed by atoms with Gasteiger partial charge in [-0.25, -0.2) is 0 Å². The first-order valence-electron chi connectivity index (χ1n) is 5.67. The van der Waals surface area contributed by atoms with Crippen LogP contribution in [0.3, 0.4) is 0 Å². The van der Waals surface area contributed by atoms with Gasteiger partial charge in [-0.1, -0.05) is 6.92 Å². The summed E-state index contributed by atoms with van der Waals surface area (Å²) in [4.78, 5) is 13.6. The van der Waals surface area contributed by atoms with Gasteiger partial charge in [0.15, 0.2) is 0 Å². The fourth-order valence-corrected chi connectivity index (χ4v) is 2.01. The van der Waals surface area contributed by atoms with Crippen LogP contribution in [0.1, 0.15) is 32.6 Å². The number of nitrogens with one attached hydrogen (secondary N) is 1. The second-order valence-electron chi connectivity index (χ2n) is 4.32. The Morgan fingerprint density at radius 1 is 1.57 bits per heavy atom. The molecule has 1 heterocycles. The van der Waals surface area contributed by atoms with Gasteiger partial charge in [0.25, 0.3) is 0 Å². The van der Waals surface area contributed by atoms with Gasteiger partial charge in [-0.05, 0) is 38.8 Å². The molecule has 1 saturated heterocycles. The first-order valence-corrected chi connectivity index (χ1v) is 5.67. The molecule has 1 aliphatic heterocycles. The third-order valence-electron chi connectivity index (χ3n) is 2.79. The van der Waals surface area contributed by atoms with Gasteiger partial charge >= 0.3 is 0 Å². The van der Waals surface area contributed by atoms with E-state index in [2.05, 4.69) is 17.3 Å². The van der Waals surface area contributed by atoms with Gasteiger partial charge < -0.3 is 10.2 Å². The minimum atomic E-state index is 0.209. The molecule has 1 rings (SSSR count). The first-order chi connectivity index (χ1) is 6.72. The lowest BCUT2D eigenvalue weighted by Crippen LogP contribution is -2.38. The van der Waals surface area contributed by atoms with Gasteiger partial charge in [0.1, 0.15) is 0 Å². The summed E-state index contributed by atoms with van der Waals surface area (Å²) in [6, 6.07) is 0. The molecule has 0 aromatic heterocycles. The smallest absolute Gasteiger partial charge is 0.219 e. The molecule has 1 fully saturated rings. The van der Waals surface area contributed by atoms with E-state index in [4.69, 9.17) is 0 Å². The molecule has 1 atom stereocenters. The topological polar surface area (TPSA) is 32.3 Å². The number of amides is 1. The van der Waals surface area contributed by atoms with Crippen molar-refractivity contribution in [3.8, 4) is 0 Å². The number of nitrogens with zero attached hydrogens (tertiary/aromatic N) is 1. The van der Waals surface area contributed by atoms with E-state index < -0.39 is 0 Å². The molecule has 1 unspecified atom stereocenters. The fourth-order valence-electron chi connectivity index (χ4n) is 2.01. The lowest BCUT2D eigenvalue weighted by molar-refractivity contribution is -0.121. The Labute approximate surface area is 86.9 Å². The molecule has 3 heteroatoms. The molecule has 1 amide bonds. The Morgan fingerprint density at radius 3 is 3.00 bits per heavy atom. The zero-order chi connectivity index (χ0) is 10.4. The zero-order valence-electron chi connectivity index (χ0n) is 9.38. The highest BCUT2D eigenvalue weighted by atomic mass is 16.1. The average molecular weight is 198 g/mol. The van der Waals surface area contributed by atoms with E-state index in [0.29, 0.717) is 12.3 Å². The quantitative estimate of drug-likeness (QED) is 0.737. The van der Waals surface area contributed by atoms with Crippen molar-refractivity contribution in [2.75, 3.05) is 26.7 Å². The number of carbonyl (C=O) groups is 1. The van der Waals surface area contributed by atoms with E-state index in [9.17, 15) is 4.79 Å². The zero-order valence-corrected chi connectivity index (χ0v) is 9.38. The second-order valence-corrected chi connectivity index (χ2v) is 4.32. The maximum Gasteiger partial charge on any atom is 0.219 e. The van der Waals surface area contributed by atoms with Gasteiger partial charge in [0.05, 0.1) is 0 Å². The molecule has 0 saturated carbocycles. The number of likely N-dealkylation sites (tertiary alicyclic amines) is 1. The van der Waals surface area contributed by atoms with Crippen molar-refractivity contribution in [3.05, 3.63) is 0 Å². The molecule has 3 nitrogen and oxygen atoms in total. The van der Waals surface area contributed by atoms with Crippen LogP contribution in [0.4, 0.5) is 0 Å². The molecule has 82 valence electrons. The Morgan fingerprint density at radius 2 is 2.36 bits per heavy atom. The van der Waals surface area contributed by atoms with Crippen molar-refractivity contribution in [2.45, 2.75) is 32.6 Å². The van der Waals surface area contributed by atoms with Crippen molar-refractivity contribution in [3.63, 3.8) is 0 Å². The Kier molecular flexibility index (Phi) is 4.94. The molecule has 14 heavy (non-hydrogen) atoms. The van der Waals surface area contributed by atoms with Crippen molar-refractivity contribution >= 4 is 5.91 Å². The summed E-state index contributed by atoms with van der Waals surface area (Å²) in [5.74, 6) is 0.871. The Balaban J connectivity index is 2.14. The Bertz CT molecular complexity index is 182. The highest BCUT2D eigenvalue weighted by molar-refractivity contribution is 5.75. The number of rotatable bonds is 4. The maximum atomic E-state index is 11.2. The summed E-state index contributed by atoms with van der Waals surface area (Å²) in [6.07, 6.45) is 4.14. The van der Waals surface area contributed by atoms with Crippen LogP contribution < -0.4 is 5.32 Å². The van der Waals surface area contributed by atoms with Crippen LogP contribution in [-0.2, 0) is 4.79 Å². The van der Waals surface area contributed by atoms with E-state index in [1.54, 1.807) is 0 Å². The van der Waals surface area contributed by atoms with Crippen LogP contribution >= 0.6 is 0 Å². The van der Waals surface area contributed by atoms with Crippen LogP contribution in [0.15, 0.2) is 0 Å². The number of hydrogen-bond acceptors (Lipinski definition) is 2. The standard InChI is InChI=1S/C11H22N2O/c1-3-5-11(14)12-8-10-6-4-7-13(2)9-10/h10H,3-9H2,1-2H3,(H,12,14). The van der Waals surface area contributed by atoms with Gasteiger partial charge in [-0.2, -0.15) is 0 Å². The minimum absolute atomic E-state index is 0.209. The molecule has 1 N–H and O–H groups in total. The lowest BCUT2D eigenvalue weighted by atomic mass is 9.98. The summed E-state index contributed by atoms with van der Waals surface area (Å²) in [7, 11) is 2.15. The fraction of sp³-hybridized carbons (Fsp3) is 0.909. The predicted octanol–water partition coefficient (Wildman–Crippen LogP) is 1.24. The number of piperidine rings is 1. The van der Waals surface area contributed by atoms with Gasteiger partial charge in [0, 0.05) is 19.5 Å². The van der Waals surface area contributed by atoms with Gasteiger partial charge in [0.2, 0.25) is 5.91 Å². The molecule has 0 aliphatic carbocycles. The Hall–Kier alpha value is -0.570. The molecule has 0 spiro atoms. The van der Waals surface area contributed by atoms with Crippen molar-refractivity contribution in [2.24, 2.45) is 5.92 Å². The van der Waals surface area contributed by atoms with Crippen LogP contribution in [0.5, 0.6) is 0 Å².